The first-order valence-corrected chi connectivity index (χ1v) is 14.4. The van der Waals surface area contributed by atoms with Crippen molar-refractivity contribution >= 4 is 39.1 Å². The van der Waals surface area contributed by atoms with E-state index in [9.17, 15) is 18.0 Å². The minimum atomic E-state index is -3.67. The lowest BCUT2D eigenvalue weighted by Gasteiger charge is -2.38. The number of thiophene rings is 1. The second kappa shape index (κ2) is 10.2. The van der Waals surface area contributed by atoms with Crippen LogP contribution in [0.3, 0.4) is 0 Å². The number of nitrogens with zero attached hydrogens (tertiary/aromatic N) is 6. The number of rotatable bonds is 5. The lowest BCUT2D eigenvalue weighted by Crippen LogP contribution is -2.52. The highest BCUT2D eigenvalue weighted by Crippen LogP contribution is 2.29. The van der Waals surface area contributed by atoms with Crippen LogP contribution in [0.25, 0.3) is 0 Å². The summed E-state index contributed by atoms with van der Waals surface area (Å²) < 4.78 is 28.0. The van der Waals surface area contributed by atoms with Crippen LogP contribution >= 0.6 is 11.3 Å². The van der Waals surface area contributed by atoms with Gasteiger partial charge in [-0.3, -0.25) is 9.59 Å². The minimum Gasteiger partial charge on any atom is -0.339 e. The van der Waals surface area contributed by atoms with Crippen molar-refractivity contribution in [3.05, 3.63) is 35.5 Å². The third-order valence-electron chi connectivity index (χ3n) is 7.04. The Bertz CT molecular complexity index is 1150. The molecule has 0 N–H and O–H groups in total. The number of amides is 2. The van der Waals surface area contributed by atoms with Crippen LogP contribution in [0.1, 0.15) is 36.0 Å². The highest BCUT2D eigenvalue weighted by atomic mass is 32.2. The summed E-state index contributed by atoms with van der Waals surface area (Å²) in [4.78, 5) is 40.0. The Morgan fingerprint density at radius 1 is 0.886 bits per heavy atom. The van der Waals surface area contributed by atoms with E-state index in [1.54, 1.807) is 28.7 Å². The summed E-state index contributed by atoms with van der Waals surface area (Å²) in [6, 6.07) is 3.29. The second-order valence-corrected chi connectivity index (χ2v) is 12.3. The molecule has 188 valence electrons. The Hall–Kier alpha value is -2.57. The van der Waals surface area contributed by atoms with E-state index in [4.69, 9.17) is 0 Å². The topological polar surface area (TPSA) is 107 Å². The van der Waals surface area contributed by atoms with Crippen molar-refractivity contribution < 1.29 is 18.0 Å². The van der Waals surface area contributed by atoms with Crippen molar-refractivity contribution in [3.8, 4) is 0 Å². The normalized spacial score (nSPS) is 20.4. The molecular formula is C23H30N6O4S2. The minimum absolute atomic E-state index is 0.0940. The van der Waals surface area contributed by atoms with Gasteiger partial charge in [0.2, 0.25) is 11.9 Å². The summed E-state index contributed by atoms with van der Waals surface area (Å²) in [7, 11) is -3.67. The van der Waals surface area contributed by atoms with Crippen LogP contribution in [0, 0.1) is 5.92 Å². The van der Waals surface area contributed by atoms with Crippen molar-refractivity contribution in [2.75, 3.05) is 57.3 Å². The summed E-state index contributed by atoms with van der Waals surface area (Å²) in [5.41, 5.74) is 0.445. The monoisotopic (exact) mass is 518 g/mol. The fourth-order valence-corrected chi connectivity index (χ4v) is 7.75. The molecule has 3 fully saturated rings. The number of carbonyl (C=O) groups excluding carboxylic acids is 2. The fraction of sp³-hybridized carbons (Fsp3) is 0.565. The number of anilines is 1. The molecule has 0 atom stereocenters. The molecule has 3 aliphatic rings. The molecular weight excluding hydrogens is 488 g/mol. The molecule has 0 aliphatic carbocycles. The smallest absolute Gasteiger partial charge is 0.254 e. The maximum absolute atomic E-state index is 13.2. The van der Waals surface area contributed by atoms with Crippen molar-refractivity contribution in [1.82, 2.24) is 24.1 Å². The summed E-state index contributed by atoms with van der Waals surface area (Å²) in [5, 5.41) is 1.64. The van der Waals surface area contributed by atoms with Crippen LogP contribution in [0.15, 0.2) is 34.1 Å². The molecule has 0 radical (unpaired) electrons. The quantitative estimate of drug-likeness (QED) is 0.591. The summed E-state index contributed by atoms with van der Waals surface area (Å²) in [6.45, 7) is 4.66. The van der Waals surface area contributed by atoms with Gasteiger partial charge in [0.1, 0.15) is 4.21 Å². The second-order valence-electron chi connectivity index (χ2n) is 9.19. The van der Waals surface area contributed by atoms with E-state index in [0.717, 1.165) is 37.3 Å². The molecule has 12 heteroatoms. The number of hydrogen-bond donors (Lipinski definition) is 0. The standard InChI is InChI=1S/C23H30N6O4S2/c30-21(27-12-14-28(15-13-27)23-24-6-3-7-25-23)18-4-10-29(11-5-18)35(32,33)20-16-19(17-34-20)22(31)26-8-1-2-9-26/h3,6-7,16-18H,1-2,4-5,8-15H2. The third-order valence-corrected chi connectivity index (χ3v) is 10.4. The molecule has 5 rings (SSSR count). The first kappa shape index (κ1) is 24.1. The van der Waals surface area contributed by atoms with Gasteiger partial charge in [0.05, 0.1) is 5.56 Å². The zero-order chi connectivity index (χ0) is 24.4. The highest BCUT2D eigenvalue weighted by Gasteiger charge is 2.36. The number of carbonyl (C=O) groups is 2. The van der Waals surface area contributed by atoms with Gasteiger partial charge < -0.3 is 14.7 Å². The van der Waals surface area contributed by atoms with E-state index >= 15 is 0 Å². The summed E-state index contributed by atoms with van der Waals surface area (Å²) in [6.07, 6.45) is 6.42. The van der Waals surface area contributed by atoms with E-state index in [-0.39, 0.29) is 21.9 Å². The van der Waals surface area contributed by atoms with Gasteiger partial charge in [-0.15, -0.1) is 11.3 Å². The van der Waals surface area contributed by atoms with Gasteiger partial charge in [-0.05, 0) is 37.8 Å². The molecule has 2 amide bonds. The Kier molecular flexibility index (Phi) is 7.03. The molecule has 0 aromatic carbocycles. The highest BCUT2D eigenvalue weighted by molar-refractivity contribution is 7.91. The fourth-order valence-electron chi connectivity index (χ4n) is 4.98. The number of likely N-dealkylation sites (tertiary alicyclic amines) is 1. The average Bonchev–Trinajstić information content (AvgIpc) is 3.62. The van der Waals surface area contributed by atoms with Crippen LogP contribution in [-0.2, 0) is 14.8 Å². The van der Waals surface area contributed by atoms with Crippen molar-refractivity contribution in [2.24, 2.45) is 5.92 Å². The number of piperazine rings is 1. The maximum Gasteiger partial charge on any atom is 0.254 e. The van der Waals surface area contributed by atoms with Gasteiger partial charge in [0.15, 0.2) is 0 Å². The van der Waals surface area contributed by atoms with E-state index < -0.39 is 10.0 Å². The molecule has 3 aliphatic heterocycles. The molecule has 3 saturated heterocycles. The van der Waals surface area contributed by atoms with Gasteiger partial charge >= 0.3 is 0 Å². The third kappa shape index (κ3) is 5.05. The van der Waals surface area contributed by atoms with Crippen molar-refractivity contribution in [2.45, 2.75) is 29.9 Å². The number of aromatic nitrogens is 2. The molecule has 0 saturated carbocycles. The predicted molar refractivity (Wildman–Crippen MR) is 132 cm³/mol. The van der Waals surface area contributed by atoms with E-state index in [1.807, 2.05) is 4.90 Å². The zero-order valence-corrected chi connectivity index (χ0v) is 21.2. The number of piperidine rings is 1. The maximum atomic E-state index is 13.2. The SMILES string of the molecule is O=C(c1csc(S(=O)(=O)N2CCC(C(=O)N3CCN(c4ncccn4)CC3)CC2)c1)N1CCCC1. The number of sulfonamides is 1. The Morgan fingerprint density at radius 2 is 1.54 bits per heavy atom. The van der Waals surface area contributed by atoms with Gasteiger partial charge in [-0.2, -0.15) is 4.31 Å². The molecule has 0 spiro atoms. The predicted octanol–water partition coefficient (Wildman–Crippen LogP) is 1.52. The number of hydrogen-bond acceptors (Lipinski definition) is 8. The molecule has 5 heterocycles. The van der Waals surface area contributed by atoms with Gasteiger partial charge in [0.25, 0.3) is 15.9 Å². The largest absolute Gasteiger partial charge is 0.339 e. The van der Waals surface area contributed by atoms with E-state index in [0.29, 0.717) is 63.6 Å². The zero-order valence-electron chi connectivity index (χ0n) is 19.6. The van der Waals surface area contributed by atoms with Crippen LogP contribution < -0.4 is 4.90 Å². The molecule has 0 bridgehead atoms. The lowest BCUT2D eigenvalue weighted by molar-refractivity contribution is -0.137. The van der Waals surface area contributed by atoms with Gasteiger partial charge in [-0.1, -0.05) is 0 Å². The van der Waals surface area contributed by atoms with Crippen LogP contribution in [0.2, 0.25) is 0 Å². The van der Waals surface area contributed by atoms with Crippen molar-refractivity contribution in [3.63, 3.8) is 0 Å². The van der Waals surface area contributed by atoms with E-state index in [2.05, 4.69) is 14.9 Å². The molecule has 2 aromatic rings. The Labute approximate surface area is 209 Å². The van der Waals surface area contributed by atoms with E-state index in [1.165, 1.54) is 10.4 Å². The van der Waals surface area contributed by atoms with Crippen LogP contribution in [-0.4, -0.2) is 96.7 Å². The molecule has 35 heavy (non-hydrogen) atoms. The van der Waals surface area contributed by atoms with Crippen LogP contribution in [0.4, 0.5) is 5.95 Å². The van der Waals surface area contributed by atoms with Crippen molar-refractivity contribution in [1.29, 1.82) is 0 Å². The Balaban J connectivity index is 1.14. The van der Waals surface area contributed by atoms with Gasteiger partial charge in [0, 0.05) is 76.0 Å². The summed E-state index contributed by atoms with van der Waals surface area (Å²) >= 11 is 1.10. The van der Waals surface area contributed by atoms with Gasteiger partial charge in [-0.25, -0.2) is 18.4 Å². The average molecular weight is 519 g/mol. The first-order valence-electron chi connectivity index (χ1n) is 12.1. The molecule has 10 nitrogen and oxygen atoms in total. The molecule has 0 unspecified atom stereocenters. The summed E-state index contributed by atoms with van der Waals surface area (Å²) in [5.74, 6) is 0.516. The molecule has 2 aromatic heterocycles. The lowest BCUT2D eigenvalue weighted by atomic mass is 9.96. The Morgan fingerprint density at radius 3 is 2.20 bits per heavy atom. The first-order chi connectivity index (χ1) is 16.9. The van der Waals surface area contributed by atoms with Crippen LogP contribution in [0.5, 0.6) is 0 Å².